The number of hydrogen-bond acceptors (Lipinski definition) is 2. The van der Waals surface area contributed by atoms with Crippen molar-refractivity contribution < 1.29 is 9.53 Å². The molecule has 1 aromatic rings. The number of benzene rings is 1. The van der Waals surface area contributed by atoms with E-state index in [0.717, 1.165) is 38.1 Å². The van der Waals surface area contributed by atoms with Crippen LogP contribution in [-0.4, -0.2) is 19.2 Å². The van der Waals surface area contributed by atoms with E-state index in [1.807, 2.05) is 6.07 Å². The Labute approximate surface area is 140 Å². The number of amides is 1. The number of carbonyl (C=O) groups is 1. The number of carbonyl (C=O) groups excluding carboxylic acids is 1. The molecule has 2 rings (SSSR count). The lowest BCUT2D eigenvalue weighted by atomic mass is 10.0. The van der Waals surface area contributed by atoms with Gasteiger partial charge in [0.15, 0.2) is 0 Å². The lowest BCUT2D eigenvalue weighted by Crippen LogP contribution is -2.25. The van der Waals surface area contributed by atoms with Crippen LogP contribution in [-0.2, 0) is 11.2 Å². The van der Waals surface area contributed by atoms with E-state index in [0.29, 0.717) is 6.61 Å². The minimum Gasteiger partial charge on any atom is -0.450 e. The largest absolute Gasteiger partial charge is 0.450 e. The average Bonchev–Trinajstić information content (AvgIpc) is 3.08. The molecule has 0 heterocycles. The number of hydrogen-bond donors (Lipinski definition) is 1. The van der Waals surface area contributed by atoms with Gasteiger partial charge in [0.25, 0.3) is 0 Å². The molecule has 0 aliphatic heterocycles. The summed E-state index contributed by atoms with van der Waals surface area (Å²) in [6.45, 7) is 1.26. The molecule has 23 heavy (non-hydrogen) atoms. The highest BCUT2D eigenvalue weighted by Gasteiger charge is 2.13. The molecule has 128 valence electrons. The summed E-state index contributed by atoms with van der Waals surface area (Å²) in [5, 5.41) is 2.86. The van der Waals surface area contributed by atoms with Gasteiger partial charge in [0.2, 0.25) is 0 Å². The van der Waals surface area contributed by atoms with Gasteiger partial charge in [-0.1, -0.05) is 68.9 Å². The van der Waals surface area contributed by atoms with Gasteiger partial charge in [0, 0.05) is 6.54 Å². The van der Waals surface area contributed by atoms with Crippen LogP contribution in [0.25, 0.3) is 0 Å². The lowest BCUT2D eigenvalue weighted by Gasteiger charge is -2.09. The smallest absolute Gasteiger partial charge is 0.407 e. The third-order valence-electron chi connectivity index (χ3n) is 4.72. The summed E-state index contributed by atoms with van der Waals surface area (Å²) in [7, 11) is 0. The highest BCUT2D eigenvalue weighted by atomic mass is 16.5. The van der Waals surface area contributed by atoms with Crippen molar-refractivity contribution in [3.8, 4) is 0 Å². The second-order valence-electron chi connectivity index (χ2n) is 6.65. The van der Waals surface area contributed by atoms with Crippen LogP contribution in [0.4, 0.5) is 4.79 Å². The zero-order valence-electron chi connectivity index (χ0n) is 14.3. The minimum absolute atomic E-state index is 0.259. The van der Waals surface area contributed by atoms with E-state index in [1.54, 1.807) is 0 Å². The monoisotopic (exact) mass is 317 g/mol. The van der Waals surface area contributed by atoms with Gasteiger partial charge in [-0.25, -0.2) is 4.79 Å². The van der Waals surface area contributed by atoms with Gasteiger partial charge in [-0.15, -0.1) is 0 Å². The molecule has 0 bridgehead atoms. The number of rotatable bonds is 10. The van der Waals surface area contributed by atoms with E-state index in [2.05, 4.69) is 29.6 Å². The maximum absolute atomic E-state index is 11.6. The molecule has 0 unspecified atom stereocenters. The van der Waals surface area contributed by atoms with Gasteiger partial charge in [-0.05, 0) is 37.2 Å². The molecule has 0 aromatic heterocycles. The molecular weight excluding hydrogens is 286 g/mol. The Morgan fingerprint density at radius 2 is 1.83 bits per heavy atom. The fourth-order valence-corrected chi connectivity index (χ4v) is 3.34. The summed E-state index contributed by atoms with van der Waals surface area (Å²) >= 11 is 0. The normalized spacial score (nSPS) is 14.8. The molecule has 1 amide bonds. The van der Waals surface area contributed by atoms with E-state index >= 15 is 0 Å². The molecule has 3 nitrogen and oxygen atoms in total. The van der Waals surface area contributed by atoms with Crippen molar-refractivity contribution in [3.63, 3.8) is 0 Å². The van der Waals surface area contributed by atoms with Crippen LogP contribution in [0, 0.1) is 5.92 Å². The fraction of sp³-hybridized carbons (Fsp3) is 0.650. The molecule has 1 aliphatic carbocycles. The van der Waals surface area contributed by atoms with Crippen molar-refractivity contribution in [1.82, 2.24) is 5.32 Å². The Kier molecular flexibility index (Phi) is 8.60. The summed E-state index contributed by atoms with van der Waals surface area (Å²) in [6.07, 6.45) is 12.1. The Bertz CT molecular complexity index is 427. The van der Waals surface area contributed by atoms with E-state index in [9.17, 15) is 4.79 Å². The van der Waals surface area contributed by atoms with Crippen molar-refractivity contribution in [2.24, 2.45) is 5.92 Å². The standard InChI is InChI=1S/C20H31NO2/c22-20(21-16-8-6-14-19-12-4-5-13-19)23-17-9-7-15-18-10-2-1-3-11-18/h1-3,10-11,19H,4-9,12-17H2,(H,21,22). The average molecular weight is 317 g/mol. The minimum atomic E-state index is -0.259. The van der Waals surface area contributed by atoms with Gasteiger partial charge in [0.1, 0.15) is 0 Å². The number of alkyl carbamates (subject to hydrolysis) is 1. The molecule has 1 N–H and O–H groups in total. The van der Waals surface area contributed by atoms with Crippen LogP contribution in [0.15, 0.2) is 30.3 Å². The van der Waals surface area contributed by atoms with Crippen LogP contribution >= 0.6 is 0 Å². The second-order valence-corrected chi connectivity index (χ2v) is 6.65. The van der Waals surface area contributed by atoms with Crippen molar-refractivity contribution in [2.45, 2.75) is 64.2 Å². The summed E-state index contributed by atoms with van der Waals surface area (Å²) in [6, 6.07) is 10.4. The Hall–Kier alpha value is -1.51. The number of nitrogens with one attached hydrogen (secondary N) is 1. The van der Waals surface area contributed by atoms with Crippen LogP contribution in [0.1, 0.15) is 63.4 Å². The fourth-order valence-electron chi connectivity index (χ4n) is 3.34. The molecule has 1 aromatic carbocycles. The predicted octanol–water partition coefficient (Wildman–Crippen LogP) is 5.10. The number of ether oxygens (including phenoxy) is 1. The van der Waals surface area contributed by atoms with Gasteiger partial charge in [-0.3, -0.25) is 0 Å². The van der Waals surface area contributed by atoms with Gasteiger partial charge >= 0.3 is 6.09 Å². The molecule has 3 heteroatoms. The summed E-state index contributed by atoms with van der Waals surface area (Å²) in [4.78, 5) is 11.6. The molecule has 1 fully saturated rings. The Balaban J connectivity index is 1.38. The summed E-state index contributed by atoms with van der Waals surface area (Å²) < 4.78 is 5.21. The van der Waals surface area contributed by atoms with Gasteiger partial charge < -0.3 is 10.1 Å². The Morgan fingerprint density at radius 1 is 1.04 bits per heavy atom. The topological polar surface area (TPSA) is 38.3 Å². The molecule has 0 radical (unpaired) electrons. The maximum atomic E-state index is 11.6. The van der Waals surface area contributed by atoms with Gasteiger partial charge in [0.05, 0.1) is 6.61 Å². The van der Waals surface area contributed by atoms with Crippen LogP contribution in [0.5, 0.6) is 0 Å². The van der Waals surface area contributed by atoms with Crippen molar-refractivity contribution in [2.75, 3.05) is 13.2 Å². The van der Waals surface area contributed by atoms with Crippen molar-refractivity contribution in [3.05, 3.63) is 35.9 Å². The van der Waals surface area contributed by atoms with Crippen LogP contribution < -0.4 is 5.32 Å². The first-order valence-electron chi connectivity index (χ1n) is 9.29. The highest BCUT2D eigenvalue weighted by molar-refractivity contribution is 5.66. The van der Waals surface area contributed by atoms with Gasteiger partial charge in [-0.2, -0.15) is 0 Å². The lowest BCUT2D eigenvalue weighted by molar-refractivity contribution is 0.144. The molecule has 0 atom stereocenters. The van der Waals surface area contributed by atoms with Crippen molar-refractivity contribution in [1.29, 1.82) is 0 Å². The molecular formula is C20H31NO2. The quantitative estimate of drug-likeness (QED) is 0.610. The highest BCUT2D eigenvalue weighted by Crippen LogP contribution is 2.28. The first-order valence-corrected chi connectivity index (χ1v) is 9.29. The first kappa shape index (κ1) is 17.8. The SMILES string of the molecule is O=C(NCCCCC1CCCC1)OCCCCc1ccccc1. The van der Waals surface area contributed by atoms with Crippen LogP contribution in [0.2, 0.25) is 0 Å². The second kappa shape index (κ2) is 11.1. The first-order chi connectivity index (χ1) is 11.3. The third-order valence-corrected chi connectivity index (χ3v) is 4.72. The number of aryl methyl sites for hydroxylation is 1. The van der Waals surface area contributed by atoms with Crippen molar-refractivity contribution >= 4 is 6.09 Å². The zero-order chi connectivity index (χ0) is 16.2. The molecule has 0 spiro atoms. The number of unbranched alkanes of at least 4 members (excludes halogenated alkanes) is 2. The molecule has 1 aliphatic rings. The Morgan fingerprint density at radius 3 is 2.61 bits per heavy atom. The van der Waals surface area contributed by atoms with E-state index in [1.165, 1.54) is 44.1 Å². The predicted molar refractivity (Wildman–Crippen MR) is 94.5 cm³/mol. The summed E-state index contributed by atoms with van der Waals surface area (Å²) in [5.74, 6) is 0.951. The van der Waals surface area contributed by atoms with E-state index in [-0.39, 0.29) is 6.09 Å². The van der Waals surface area contributed by atoms with Crippen LogP contribution in [0.3, 0.4) is 0 Å². The van der Waals surface area contributed by atoms with E-state index < -0.39 is 0 Å². The molecule has 0 saturated heterocycles. The van der Waals surface area contributed by atoms with E-state index in [4.69, 9.17) is 4.74 Å². The third kappa shape index (κ3) is 8.06. The zero-order valence-corrected chi connectivity index (χ0v) is 14.3. The summed E-state index contributed by atoms with van der Waals surface area (Å²) in [5.41, 5.74) is 1.35. The maximum Gasteiger partial charge on any atom is 0.407 e. The molecule has 1 saturated carbocycles.